The Morgan fingerprint density at radius 3 is 2.58 bits per heavy atom. The first-order valence-electron chi connectivity index (χ1n) is 8.92. The van der Waals surface area contributed by atoms with E-state index in [4.69, 9.17) is 9.47 Å². The molecule has 3 aliphatic heterocycles. The fourth-order valence-corrected chi connectivity index (χ4v) is 4.12. The molecule has 24 heavy (non-hydrogen) atoms. The minimum absolute atomic E-state index is 0.0509. The number of aliphatic hydroxyl groups is 2. The van der Waals surface area contributed by atoms with Crippen LogP contribution in [0.1, 0.15) is 19.3 Å². The molecule has 0 unspecified atom stereocenters. The zero-order valence-electron chi connectivity index (χ0n) is 13.9. The van der Waals surface area contributed by atoms with Crippen LogP contribution in [-0.2, 0) is 0 Å². The number of hydrogen-bond donors (Lipinski definition) is 2. The molecule has 2 atom stereocenters. The van der Waals surface area contributed by atoms with E-state index < -0.39 is 6.10 Å². The van der Waals surface area contributed by atoms with Crippen molar-refractivity contribution in [2.24, 2.45) is 5.92 Å². The Morgan fingerprint density at radius 1 is 1.04 bits per heavy atom. The number of β-amino-alcohol motifs (C(OH)–C–C–N with tert-alkyl or cyclic N) is 1. The fourth-order valence-electron chi connectivity index (χ4n) is 4.12. The van der Waals surface area contributed by atoms with Gasteiger partial charge in [-0.1, -0.05) is 0 Å². The zero-order valence-corrected chi connectivity index (χ0v) is 13.9. The predicted octanol–water partition coefficient (Wildman–Crippen LogP) is 1.06. The normalized spacial score (nSPS) is 28.3. The standard InChI is InChI=1S/C18H26N2O4/c21-11-13-3-6-20(10-16(13)22)14-4-7-19(8-5-14)15-1-2-17-18(9-15)24-12-23-17/h1-2,9,13-14,16,21-22H,3-8,10-12H2/t13-,16+/m1/s1. The van der Waals surface area contributed by atoms with E-state index in [2.05, 4.69) is 21.9 Å². The molecule has 0 radical (unpaired) electrons. The van der Waals surface area contributed by atoms with Crippen molar-refractivity contribution in [3.63, 3.8) is 0 Å². The quantitative estimate of drug-likeness (QED) is 0.862. The summed E-state index contributed by atoms with van der Waals surface area (Å²) in [6.07, 6.45) is 2.70. The van der Waals surface area contributed by atoms with Crippen molar-refractivity contribution in [1.29, 1.82) is 0 Å². The fraction of sp³-hybridized carbons (Fsp3) is 0.667. The van der Waals surface area contributed by atoms with Gasteiger partial charge in [-0.25, -0.2) is 0 Å². The van der Waals surface area contributed by atoms with E-state index in [1.165, 1.54) is 5.69 Å². The lowest BCUT2D eigenvalue weighted by Crippen LogP contribution is -2.52. The predicted molar refractivity (Wildman–Crippen MR) is 90.6 cm³/mol. The van der Waals surface area contributed by atoms with Gasteiger partial charge < -0.3 is 24.6 Å². The van der Waals surface area contributed by atoms with Gasteiger partial charge >= 0.3 is 0 Å². The molecule has 6 nitrogen and oxygen atoms in total. The number of rotatable bonds is 3. The summed E-state index contributed by atoms with van der Waals surface area (Å²) >= 11 is 0. The molecule has 4 rings (SSSR count). The highest BCUT2D eigenvalue weighted by Crippen LogP contribution is 2.36. The summed E-state index contributed by atoms with van der Waals surface area (Å²) in [5, 5.41) is 19.4. The zero-order chi connectivity index (χ0) is 16.5. The van der Waals surface area contributed by atoms with Gasteiger partial charge in [0, 0.05) is 50.0 Å². The number of fused-ring (bicyclic) bond motifs is 1. The third kappa shape index (κ3) is 3.06. The molecule has 0 saturated carbocycles. The van der Waals surface area contributed by atoms with Crippen molar-refractivity contribution < 1.29 is 19.7 Å². The van der Waals surface area contributed by atoms with Crippen LogP contribution >= 0.6 is 0 Å². The molecule has 2 fully saturated rings. The maximum absolute atomic E-state index is 10.2. The van der Waals surface area contributed by atoms with Crippen LogP contribution in [-0.4, -0.2) is 66.8 Å². The molecular formula is C18H26N2O4. The highest BCUT2D eigenvalue weighted by atomic mass is 16.7. The lowest BCUT2D eigenvalue weighted by molar-refractivity contribution is -0.0198. The van der Waals surface area contributed by atoms with Crippen LogP contribution in [0.25, 0.3) is 0 Å². The number of benzene rings is 1. The largest absolute Gasteiger partial charge is 0.454 e. The summed E-state index contributed by atoms with van der Waals surface area (Å²) in [5.41, 5.74) is 1.19. The SMILES string of the molecule is OC[C@H]1CCN(C2CCN(c3ccc4c(c3)OCO4)CC2)C[C@@H]1O. The molecule has 1 aromatic carbocycles. The second-order valence-electron chi connectivity index (χ2n) is 7.05. The number of nitrogens with zero attached hydrogens (tertiary/aromatic N) is 2. The number of likely N-dealkylation sites (tertiary alicyclic amines) is 1. The highest BCUT2D eigenvalue weighted by molar-refractivity contribution is 5.57. The molecule has 0 amide bonds. The maximum Gasteiger partial charge on any atom is 0.231 e. The Morgan fingerprint density at radius 2 is 1.83 bits per heavy atom. The summed E-state index contributed by atoms with van der Waals surface area (Å²) in [4.78, 5) is 4.81. The lowest BCUT2D eigenvalue weighted by atomic mass is 9.92. The summed E-state index contributed by atoms with van der Waals surface area (Å²) < 4.78 is 10.8. The van der Waals surface area contributed by atoms with E-state index in [-0.39, 0.29) is 12.5 Å². The Labute approximate surface area is 142 Å². The van der Waals surface area contributed by atoms with Crippen LogP contribution in [0, 0.1) is 5.92 Å². The van der Waals surface area contributed by atoms with E-state index in [0.717, 1.165) is 50.4 Å². The van der Waals surface area contributed by atoms with Crippen molar-refractivity contribution in [3.8, 4) is 11.5 Å². The average molecular weight is 334 g/mol. The monoisotopic (exact) mass is 334 g/mol. The van der Waals surface area contributed by atoms with Crippen molar-refractivity contribution in [2.75, 3.05) is 44.5 Å². The van der Waals surface area contributed by atoms with E-state index in [0.29, 0.717) is 19.4 Å². The van der Waals surface area contributed by atoms with Crippen LogP contribution in [0.4, 0.5) is 5.69 Å². The Bertz CT molecular complexity index is 574. The van der Waals surface area contributed by atoms with Crippen LogP contribution in [0.3, 0.4) is 0 Å². The molecule has 3 heterocycles. The van der Waals surface area contributed by atoms with Crippen LogP contribution < -0.4 is 14.4 Å². The van der Waals surface area contributed by atoms with Crippen molar-refractivity contribution >= 4 is 5.69 Å². The number of aliphatic hydroxyl groups excluding tert-OH is 2. The van der Waals surface area contributed by atoms with Gasteiger partial charge in [-0.2, -0.15) is 0 Å². The van der Waals surface area contributed by atoms with Gasteiger partial charge in [-0.05, 0) is 37.9 Å². The van der Waals surface area contributed by atoms with Gasteiger partial charge in [0.1, 0.15) is 0 Å². The molecule has 0 aromatic heterocycles. The second-order valence-corrected chi connectivity index (χ2v) is 7.05. The lowest BCUT2D eigenvalue weighted by Gasteiger charge is -2.43. The molecule has 2 N–H and O–H groups in total. The minimum atomic E-state index is -0.393. The third-order valence-electron chi connectivity index (χ3n) is 5.69. The maximum atomic E-state index is 10.2. The van der Waals surface area contributed by atoms with Crippen LogP contribution in [0.15, 0.2) is 18.2 Å². The summed E-state index contributed by atoms with van der Waals surface area (Å²) in [6, 6.07) is 6.69. The Balaban J connectivity index is 1.34. The number of hydrogen-bond acceptors (Lipinski definition) is 6. The molecule has 0 bridgehead atoms. The molecule has 132 valence electrons. The summed E-state index contributed by atoms with van der Waals surface area (Å²) in [5.74, 6) is 1.72. The van der Waals surface area contributed by atoms with E-state index in [1.54, 1.807) is 0 Å². The Kier molecular flexibility index (Phi) is 4.52. The van der Waals surface area contributed by atoms with Gasteiger partial charge in [0.15, 0.2) is 11.5 Å². The summed E-state index contributed by atoms with van der Waals surface area (Å²) in [7, 11) is 0. The molecule has 2 saturated heterocycles. The van der Waals surface area contributed by atoms with Crippen molar-refractivity contribution in [1.82, 2.24) is 4.90 Å². The molecule has 0 spiro atoms. The first-order chi connectivity index (χ1) is 11.7. The van der Waals surface area contributed by atoms with Gasteiger partial charge in [-0.3, -0.25) is 4.90 Å². The van der Waals surface area contributed by atoms with Crippen molar-refractivity contribution in [2.45, 2.75) is 31.4 Å². The van der Waals surface area contributed by atoms with Crippen LogP contribution in [0.5, 0.6) is 11.5 Å². The van der Waals surface area contributed by atoms with Gasteiger partial charge in [-0.15, -0.1) is 0 Å². The number of piperidine rings is 2. The van der Waals surface area contributed by atoms with E-state index in [1.807, 2.05) is 6.07 Å². The Hall–Kier alpha value is -1.50. The molecular weight excluding hydrogens is 308 g/mol. The van der Waals surface area contributed by atoms with Gasteiger partial charge in [0.05, 0.1) is 6.10 Å². The van der Waals surface area contributed by atoms with E-state index in [9.17, 15) is 10.2 Å². The van der Waals surface area contributed by atoms with Crippen LogP contribution in [0.2, 0.25) is 0 Å². The second kappa shape index (κ2) is 6.78. The van der Waals surface area contributed by atoms with Gasteiger partial charge in [0.2, 0.25) is 6.79 Å². The molecule has 1 aromatic rings. The number of anilines is 1. The highest BCUT2D eigenvalue weighted by Gasteiger charge is 2.32. The number of ether oxygens (including phenoxy) is 2. The molecule has 3 aliphatic rings. The molecule has 0 aliphatic carbocycles. The smallest absolute Gasteiger partial charge is 0.231 e. The molecule has 6 heteroatoms. The first kappa shape index (κ1) is 16.0. The average Bonchev–Trinajstić information content (AvgIpc) is 3.09. The van der Waals surface area contributed by atoms with Crippen molar-refractivity contribution in [3.05, 3.63) is 18.2 Å². The first-order valence-corrected chi connectivity index (χ1v) is 8.92. The topological polar surface area (TPSA) is 65.4 Å². The third-order valence-corrected chi connectivity index (χ3v) is 5.69. The summed E-state index contributed by atoms with van der Waals surface area (Å²) in [6.45, 7) is 4.11. The minimum Gasteiger partial charge on any atom is -0.454 e. The van der Waals surface area contributed by atoms with Gasteiger partial charge in [0.25, 0.3) is 0 Å². The van der Waals surface area contributed by atoms with E-state index >= 15 is 0 Å².